The molecule has 0 saturated heterocycles. The topological polar surface area (TPSA) is 67.5 Å². The van der Waals surface area contributed by atoms with Crippen LogP contribution >= 0.6 is 46.7 Å². The highest BCUT2D eigenvalue weighted by Crippen LogP contribution is 2.32. The van der Waals surface area contributed by atoms with Crippen molar-refractivity contribution in [2.45, 2.75) is 32.9 Å². The Morgan fingerprint density at radius 2 is 1.79 bits per heavy atom. The first-order valence-electron chi connectivity index (χ1n) is 10.5. The number of aryl methyl sites for hydroxylation is 2. The van der Waals surface area contributed by atoms with E-state index >= 15 is 0 Å². The molecule has 1 N–H and O–H groups in total. The Balaban J connectivity index is 2.20. The third-order valence-corrected chi connectivity index (χ3v) is 7.12. The maximum Gasteiger partial charge on any atom is 0.355 e. The molecule has 0 aliphatic heterocycles. The molecule has 0 fully saturated rings. The Bertz CT molecular complexity index is 1270. The normalized spacial score (nSPS) is 12.5. The molecule has 5 nitrogen and oxygen atoms in total. The summed E-state index contributed by atoms with van der Waals surface area (Å²) in [5.41, 5.74) is 4.56. The van der Waals surface area contributed by atoms with Gasteiger partial charge in [-0.1, -0.05) is 84.7 Å². The van der Waals surface area contributed by atoms with Crippen molar-refractivity contribution < 1.29 is 9.90 Å². The molecule has 9 heteroatoms. The number of carboxylic acids is 1. The monoisotopic (exact) mass is 533 g/mol. The number of aromatic nitrogens is 2. The summed E-state index contributed by atoms with van der Waals surface area (Å²) in [6.45, 7) is 7.96. The SMILES string of the molecule is CSC(=N/C(=C/SC(C)C)c1ccc(Cl)c(Cl)c1)n1nc(C)c(-c2ccc(C)cc2)c1C(=O)O. The van der Waals surface area contributed by atoms with E-state index in [4.69, 9.17) is 28.2 Å². The van der Waals surface area contributed by atoms with E-state index < -0.39 is 5.97 Å². The number of benzene rings is 2. The van der Waals surface area contributed by atoms with Crippen molar-refractivity contribution in [2.24, 2.45) is 4.99 Å². The fourth-order valence-electron chi connectivity index (χ4n) is 3.23. The number of halogens is 2. The van der Waals surface area contributed by atoms with Gasteiger partial charge in [-0.2, -0.15) is 5.10 Å². The van der Waals surface area contributed by atoms with Crippen molar-refractivity contribution in [1.29, 1.82) is 0 Å². The first-order chi connectivity index (χ1) is 16.1. The second kappa shape index (κ2) is 11.5. The standard InChI is InChI=1S/C25H25Cl2N3O2S2/c1-14(2)34-13-21(18-10-11-19(26)20(27)12-18)28-25(33-5)30-23(24(31)32)22(16(4)29-30)17-8-6-15(3)7-9-17/h6-14H,1-5H3,(H,31,32)/b21-13+,28-25?. The molecule has 0 aliphatic carbocycles. The fourth-order valence-corrected chi connectivity index (χ4v) is 4.61. The number of nitrogens with zero attached hydrogens (tertiary/aromatic N) is 3. The van der Waals surface area contributed by atoms with Crippen LogP contribution in [-0.4, -0.2) is 37.5 Å². The summed E-state index contributed by atoms with van der Waals surface area (Å²) in [5, 5.41) is 18.3. The Morgan fingerprint density at radius 3 is 2.35 bits per heavy atom. The van der Waals surface area contributed by atoms with Gasteiger partial charge in [0.15, 0.2) is 10.9 Å². The quantitative estimate of drug-likeness (QED) is 0.257. The maximum absolute atomic E-state index is 12.4. The minimum Gasteiger partial charge on any atom is -0.476 e. The molecule has 2 aromatic carbocycles. The first kappa shape index (κ1) is 26.4. The van der Waals surface area contributed by atoms with Crippen molar-refractivity contribution >= 4 is 63.6 Å². The van der Waals surface area contributed by atoms with Crippen LogP contribution in [0.4, 0.5) is 0 Å². The van der Waals surface area contributed by atoms with Crippen molar-refractivity contribution in [1.82, 2.24) is 9.78 Å². The summed E-state index contributed by atoms with van der Waals surface area (Å²) in [6.07, 6.45) is 1.84. The number of aliphatic imine (C=N–C) groups is 1. The lowest BCUT2D eigenvalue weighted by molar-refractivity contribution is 0.0689. The zero-order valence-corrected chi connectivity index (χ0v) is 22.6. The van der Waals surface area contributed by atoms with Gasteiger partial charge in [-0.3, -0.25) is 0 Å². The minimum atomic E-state index is -1.07. The molecule has 34 heavy (non-hydrogen) atoms. The third-order valence-electron chi connectivity index (χ3n) is 4.85. The van der Waals surface area contributed by atoms with Crippen LogP contribution in [0.1, 0.15) is 41.2 Å². The molecule has 0 unspecified atom stereocenters. The summed E-state index contributed by atoms with van der Waals surface area (Å²) < 4.78 is 1.41. The number of thioether (sulfide) groups is 2. The second-order valence-corrected chi connectivity index (χ2v) is 10.8. The van der Waals surface area contributed by atoms with Crippen LogP contribution in [0.3, 0.4) is 0 Å². The Kier molecular flexibility index (Phi) is 8.93. The lowest BCUT2D eigenvalue weighted by Gasteiger charge is -2.11. The Hall–Kier alpha value is -2.19. The molecule has 0 radical (unpaired) electrons. The molecule has 178 valence electrons. The van der Waals surface area contributed by atoms with E-state index in [0.717, 1.165) is 16.7 Å². The molecule has 0 saturated carbocycles. The molecule has 0 aliphatic rings. The van der Waals surface area contributed by atoms with Gasteiger partial charge in [0.1, 0.15) is 0 Å². The van der Waals surface area contributed by atoms with Crippen molar-refractivity contribution in [3.05, 3.63) is 80.4 Å². The molecule has 0 amide bonds. The van der Waals surface area contributed by atoms with Gasteiger partial charge in [-0.05, 0) is 43.2 Å². The largest absolute Gasteiger partial charge is 0.476 e. The van der Waals surface area contributed by atoms with Gasteiger partial charge in [-0.25, -0.2) is 14.5 Å². The van der Waals surface area contributed by atoms with E-state index in [2.05, 4.69) is 18.9 Å². The van der Waals surface area contributed by atoms with E-state index in [1.807, 2.05) is 48.9 Å². The molecule has 0 atom stereocenters. The number of rotatable bonds is 6. The highest BCUT2D eigenvalue weighted by atomic mass is 35.5. The molecule has 0 bridgehead atoms. The molecule has 0 spiro atoms. The van der Waals surface area contributed by atoms with Crippen LogP contribution in [-0.2, 0) is 0 Å². The lowest BCUT2D eigenvalue weighted by atomic mass is 10.0. The lowest BCUT2D eigenvalue weighted by Crippen LogP contribution is -2.17. The Labute approximate surface area is 218 Å². The van der Waals surface area contributed by atoms with Gasteiger partial charge in [0, 0.05) is 16.4 Å². The van der Waals surface area contributed by atoms with Crippen molar-refractivity contribution in [3.63, 3.8) is 0 Å². The van der Waals surface area contributed by atoms with Crippen molar-refractivity contribution in [3.8, 4) is 11.1 Å². The van der Waals surface area contributed by atoms with E-state index in [-0.39, 0.29) is 5.69 Å². The minimum absolute atomic E-state index is 0.0689. The van der Waals surface area contributed by atoms with Crippen LogP contribution in [0.5, 0.6) is 0 Å². The van der Waals surface area contributed by atoms with Gasteiger partial charge in [-0.15, -0.1) is 11.8 Å². The third kappa shape index (κ3) is 6.08. The fraction of sp³-hybridized carbons (Fsp3) is 0.240. The molecule has 1 heterocycles. The molecule has 1 aromatic heterocycles. The number of carboxylic acid groups (broad SMARTS) is 1. The van der Waals surface area contributed by atoms with Crippen LogP contribution in [0.25, 0.3) is 16.8 Å². The van der Waals surface area contributed by atoms with E-state index in [0.29, 0.717) is 37.4 Å². The molecular weight excluding hydrogens is 509 g/mol. The van der Waals surface area contributed by atoms with E-state index in [1.165, 1.54) is 16.4 Å². The highest BCUT2D eigenvalue weighted by molar-refractivity contribution is 8.13. The summed E-state index contributed by atoms with van der Waals surface area (Å²) >= 11 is 15.3. The Morgan fingerprint density at radius 1 is 1.12 bits per heavy atom. The summed E-state index contributed by atoms with van der Waals surface area (Å²) in [4.78, 5) is 17.2. The second-order valence-electron chi connectivity index (χ2n) is 7.81. The van der Waals surface area contributed by atoms with Gasteiger partial charge in [0.05, 0.1) is 21.4 Å². The number of hydrogen-bond acceptors (Lipinski definition) is 5. The van der Waals surface area contributed by atoms with Crippen LogP contribution < -0.4 is 0 Å². The van der Waals surface area contributed by atoms with Crippen LogP contribution in [0, 0.1) is 13.8 Å². The highest BCUT2D eigenvalue weighted by Gasteiger charge is 2.25. The van der Waals surface area contributed by atoms with Crippen molar-refractivity contribution in [2.75, 3.05) is 6.26 Å². The molecule has 3 aromatic rings. The number of aromatic carboxylic acids is 1. The molecule has 3 rings (SSSR count). The summed E-state index contributed by atoms with van der Waals surface area (Å²) in [5.74, 6) is -1.07. The number of carbonyl (C=O) groups is 1. The van der Waals surface area contributed by atoms with Gasteiger partial charge in [0.25, 0.3) is 0 Å². The van der Waals surface area contributed by atoms with E-state index in [9.17, 15) is 9.90 Å². The van der Waals surface area contributed by atoms with Crippen LogP contribution in [0.15, 0.2) is 52.9 Å². The number of hydrogen-bond donors (Lipinski definition) is 1. The first-order valence-corrected chi connectivity index (χ1v) is 13.4. The predicted octanol–water partition coefficient (Wildman–Crippen LogP) is 7.88. The van der Waals surface area contributed by atoms with Gasteiger partial charge >= 0.3 is 5.97 Å². The average Bonchev–Trinajstić information content (AvgIpc) is 3.13. The zero-order valence-electron chi connectivity index (χ0n) is 19.5. The van der Waals surface area contributed by atoms with Crippen LogP contribution in [0.2, 0.25) is 10.0 Å². The average molecular weight is 535 g/mol. The zero-order chi connectivity index (χ0) is 25.0. The van der Waals surface area contributed by atoms with Gasteiger partial charge < -0.3 is 5.11 Å². The summed E-state index contributed by atoms with van der Waals surface area (Å²) in [7, 11) is 0. The van der Waals surface area contributed by atoms with Gasteiger partial charge in [0.2, 0.25) is 0 Å². The van der Waals surface area contributed by atoms with E-state index in [1.54, 1.807) is 30.8 Å². The predicted molar refractivity (Wildman–Crippen MR) is 148 cm³/mol. The summed E-state index contributed by atoms with van der Waals surface area (Å²) in [6, 6.07) is 13.0. The maximum atomic E-state index is 12.4. The molecular formula is C25H25Cl2N3O2S2. The smallest absolute Gasteiger partial charge is 0.355 e.